The number of hydrogen-bond donors (Lipinski definition) is 0. The van der Waals surface area contributed by atoms with Gasteiger partial charge in [0.2, 0.25) is 0 Å². The monoisotopic (exact) mass is 1610 g/mol. The van der Waals surface area contributed by atoms with E-state index in [9.17, 15) is 0 Å². The molecule has 4 nitrogen and oxygen atoms in total. The Kier molecular flexibility index (Phi) is 17.0. The van der Waals surface area contributed by atoms with E-state index in [1.807, 2.05) is 0 Å². The molecule has 0 unspecified atom stereocenters. The van der Waals surface area contributed by atoms with Crippen molar-refractivity contribution in [2.24, 2.45) is 0 Å². The van der Waals surface area contributed by atoms with Crippen LogP contribution in [0.3, 0.4) is 0 Å². The highest BCUT2D eigenvalue weighted by atomic mass is 15.2. The first-order chi connectivity index (χ1) is 62.7. The maximum Gasteiger partial charge on any atom is 0.252 e. The lowest BCUT2D eigenvalue weighted by Crippen LogP contribution is -2.61. The number of anilines is 6. The molecule has 0 bridgehead atoms. The third kappa shape index (κ3) is 11.9. The first-order valence-corrected chi connectivity index (χ1v) is 44.3. The number of rotatable bonds is 12. The molecule has 0 fully saturated rings. The fourth-order valence-electron chi connectivity index (χ4n) is 21.3. The highest BCUT2D eigenvalue weighted by Crippen LogP contribution is 2.57. The molecule has 0 saturated heterocycles. The van der Waals surface area contributed by atoms with E-state index < -0.39 is 5.41 Å². The second-order valence-corrected chi connectivity index (χ2v) is 35.4. The second-order valence-electron chi connectivity index (χ2n) is 35.4. The summed E-state index contributed by atoms with van der Waals surface area (Å²) in [5, 5.41) is 14.6. The summed E-state index contributed by atoms with van der Waals surface area (Å²) in [5.41, 5.74) is 35.8. The van der Waals surface area contributed by atoms with Crippen LogP contribution in [0.4, 0.5) is 34.1 Å². The van der Waals surface area contributed by atoms with Crippen molar-refractivity contribution < 1.29 is 0 Å². The highest BCUT2D eigenvalue weighted by molar-refractivity contribution is 7.00. The maximum absolute atomic E-state index is 2.75. The Balaban J connectivity index is 0.851. The summed E-state index contributed by atoms with van der Waals surface area (Å²) in [6.45, 7) is 6.89. The third-order valence-electron chi connectivity index (χ3n) is 27.1. The lowest BCUT2D eigenvalue weighted by molar-refractivity contribution is 0.590. The van der Waals surface area contributed by atoms with E-state index in [0.717, 1.165) is 134 Å². The molecule has 25 rings (SSSR count). The molecule has 2 aromatic heterocycles. The van der Waals surface area contributed by atoms with E-state index >= 15 is 0 Å². The van der Waals surface area contributed by atoms with Crippen molar-refractivity contribution in [3.63, 3.8) is 0 Å². The molecule has 0 N–H and O–H groups in total. The molecule has 594 valence electrons. The minimum Gasteiger partial charge on any atom is -0.310 e. The van der Waals surface area contributed by atoms with Crippen LogP contribution in [0.2, 0.25) is 0 Å². The van der Waals surface area contributed by atoms with Gasteiger partial charge in [0.05, 0.1) is 33.4 Å². The van der Waals surface area contributed by atoms with Crippen LogP contribution in [-0.4, -0.2) is 15.8 Å². The molecule has 2 aliphatic heterocycles. The summed E-state index contributed by atoms with van der Waals surface area (Å²) in [6, 6.07) is 170. The Morgan fingerprint density at radius 3 is 0.866 bits per heavy atom. The van der Waals surface area contributed by atoms with Crippen molar-refractivity contribution in [3.05, 3.63) is 454 Å². The molecule has 4 heterocycles. The van der Waals surface area contributed by atoms with E-state index in [1.54, 1.807) is 0 Å². The van der Waals surface area contributed by atoms with Crippen molar-refractivity contribution in [1.82, 2.24) is 9.13 Å². The second kappa shape index (κ2) is 29.3. The minimum absolute atomic E-state index is 0.340. The lowest BCUT2D eigenvalue weighted by Gasteiger charge is -2.46. The molecular weight excluding hydrogens is 1530 g/mol. The molecule has 0 radical (unpaired) electrons. The van der Waals surface area contributed by atoms with Gasteiger partial charge >= 0.3 is 0 Å². The molecule has 21 aromatic carbocycles. The Labute approximate surface area is 738 Å². The fourth-order valence-corrected chi connectivity index (χ4v) is 21.3. The lowest BCUT2D eigenvalue weighted by atomic mass is 9.33. The smallest absolute Gasteiger partial charge is 0.252 e. The summed E-state index contributed by atoms with van der Waals surface area (Å²) in [7, 11) is 0. The van der Waals surface area contributed by atoms with E-state index in [2.05, 4.69) is 489 Å². The number of benzene rings is 21. The number of nitrogens with zero attached hydrogens (tertiary/aromatic N) is 4. The molecule has 5 heteroatoms. The van der Waals surface area contributed by atoms with Gasteiger partial charge in [-0.25, -0.2) is 0 Å². The SMILES string of the molecule is CC(C)(C)c1cc2c3c(c1)N(c1c(-c4ccccc4)cc(-c4ccc5ccccc5c4)cc1-c1ccccc1)c1cc(-n4c5ccccc5c5c6ccccc6c(-c6ccccc6)cc54)ccc1B3c1ccc(-n3c4ccccc4c4c5ccccc5c(-c5ccccc5)cc43)cc1N2c1c(-c2ccccc2)cc(-c2ccc3ccccc3c2)cc1-c1ccccc1. The molecular formula is C122H83BN4. The molecule has 2 aliphatic rings. The number of hydrogen-bond acceptors (Lipinski definition) is 2. The minimum atomic E-state index is -0.415. The van der Waals surface area contributed by atoms with Gasteiger partial charge < -0.3 is 18.9 Å². The molecule has 0 saturated carbocycles. The predicted molar refractivity (Wildman–Crippen MR) is 541 cm³/mol. The van der Waals surface area contributed by atoms with Crippen LogP contribution in [-0.2, 0) is 5.41 Å². The summed E-state index contributed by atoms with van der Waals surface area (Å²) in [5.74, 6) is 0. The molecule has 0 atom stereocenters. The summed E-state index contributed by atoms with van der Waals surface area (Å²) in [6.07, 6.45) is 0. The van der Waals surface area contributed by atoms with E-state index in [-0.39, 0.29) is 6.71 Å². The largest absolute Gasteiger partial charge is 0.310 e. The van der Waals surface area contributed by atoms with Crippen molar-refractivity contribution in [2.45, 2.75) is 26.2 Å². The van der Waals surface area contributed by atoms with Gasteiger partial charge in [0.25, 0.3) is 6.71 Å². The van der Waals surface area contributed by atoms with Gasteiger partial charge in [-0.3, -0.25) is 0 Å². The third-order valence-corrected chi connectivity index (χ3v) is 27.1. The Bertz CT molecular complexity index is 7810. The zero-order chi connectivity index (χ0) is 84.1. The predicted octanol–water partition coefficient (Wildman–Crippen LogP) is 31.2. The Hall–Kier alpha value is -16.1. The number of aromatic nitrogens is 2. The average molecular weight is 1620 g/mol. The van der Waals surface area contributed by atoms with Crippen LogP contribution in [0, 0.1) is 0 Å². The summed E-state index contributed by atoms with van der Waals surface area (Å²) >= 11 is 0. The van der Waals surface area contributed by atoms with Crippen LogP contribution < -0.4 is 26.2 Å². The molecule has 23 aromatic rings. The highest BCUT2D eigenvalue weighted by Gasteiger charge is 2.47. The van der Waals surface area contributed by atoms with Crippen LogP contribution in [0.25, 0.3) is 187 Å². The van der Waals surface area contributed by atoms with Crippen molar-refractivity contribution in [3.8, 4) is 100 Å². The van der Waals surface area contributed by atoms with Gasteiger partial charge in [-0.1, -0.05) is 373 Å². The fraction of sp³-hybridized carbons (Fsp3) is 0.0328. The summed E-state index contributed by atoms with van der Waals surface area (Å²) < 4.78 is 5.15. The molecule has 0 aliphatic carbocycles. The van der Waals surface area contributed by atoms with Crippen LogP contribution in [0.1, 0.15) is 26.3 Å². The van der Waals surface area contributed by atoms with Gasteiger partial charge in [-0.15, -0.1) is 0 Å². The first kappa shape index (κ1) is 73.6. The van der Waals surface area contributed by atoms with Crippen LogP contribution in [0.5, 0.6) is 0 Å². The number of para-hydroxylation sites is 2. The molecule has 127 heavy (non-hydrogen) atoms. The average Bonchev–Trinajstić information content (AvgIpc) is 0.982. The van der Waals surface area contributed by atoms with E-state index in [0.29, 0.717) is 0 Å². The first-order valence-electron chi connectivity index (χ1n) is 44.3. The maximum atomic E-state index is 2.75. The number of fused-ring (bicyclic) bond motifs is 16. The van der Waals surface area contributed by atoms with E-state index in [1.165, 1.54) is 109 Å². The van der Waals surface area contributed by atoms with Gasteiger partial charge in [0, 0.05) is 77.9 Å². The topological polar surface area (TPSA) is 16.3 Å². The standard InChI is InChI=1S/C122H83BN4/c1-122(2,3)92-72-115-119-116(73-92)127(121-105(84-44-18-8-19-45-84)70-91(71-106(121)85-46-20-9-21-47-85)89-61-59-79-35-23-25-49-87(79)67-89)112-75-94(125-110-57-33-31-55-100(110)118-98-53-29-27-51-96(98)102(77-114(118)125)81-38-12-5-13-39-81)63-65-108(112)123(119)107-64-62-93(124-109-56-32-30-54-99(109)117-97-52-28-26-50-95(97)101(76-113(117)124)80-36-10-4-11-37-80)74-111(107)126(115)120-103(82-40-14-6-15-41-82)68-90(69-104(120)83-42-16-7-17-43-83)88-60-58-78-34-22-24-48-86(78)66-88/h4-77H,1-3H3. The Morgan fingerprint density at radius 1 is 0.205 bits per heavy atom. The van der Waals surface area contributed by atoms with Crippen LogP contribution >= 0.6 is 0 Å². The normalized spacial score (nSPS) is 12.5. The van der Waals surface area contributed by atoms with Crippen molar-refractivity contribution >= 4 is 144 Å². The van der Waals surface area contributed by atoms with Gasteiger partial charge in [-0.2, -0.15) is 0 Å². The Morgan fingerprint density at radius 2 is 0.512 bits per heavy atom. The molecule has 0 spiro atoms. The van der Waals surface area contributed by atoms with Gasteiger partial charge in [-0.05, 0) is 234 Å². The van der Waals surface area contributed by atoms with E-state index in [4.69, 9.17) is 0 Å². The van der Waals surface area contributed by atoms with Crippen molar-refractivity contribution in [1.29, 1.82) is 0 Å². The molecule has 0 amide bonds. The van der Waals surface area contributed by atoms with Crippen molar-refractivity contribution in [2.75, 3.05) is 9.80 Å². The zero-order valence-electron chi connectivity index (χ0n) is 70.6. The van der Waals surface area contributed by atoms with Crippen LogP contribution in [0.15, 0.2) is 449 Å². The van der Waals surface area contributed by atoms with Gasteiger partial charge in [0.15, 0.2) is 0 Å². The van der Waals surface area contributed by atoms with Gasteiger partial charge in [0.1, 0.15) is 0 Å². The quantitative estimate of drug-likeness (QED) is 0.113. The summed E-state index contributed by atoms with van der Waals surface area (Å²) in [4.78, 5) is 5.50. The zero-order valence-corrected chi connectivity index (χ0v) is 70.6.